The van der Waals surface area contributed by atoms with Gasteiger partial charge in [0.25, 0.3) is 0 Å². The van der Waals surface area contributed by atoms with Crippen molar-refractivity contribution in [3.8, 4) is 22.3 Å². The van der Waals surface area contributed by atoms with Crippen LogP contribution in [0.4, 0.5) is 0 Å². The Kier molecular flexibility index (Phi) is 14.3. The fraction of sp³-hybridized carbons (Fsp3) is 0. The summed E-state index contributed by atoms with van der Waals surface area (Å²) in [5, 5.41) is 7.46. The predicted octanol–water partition coefficient (Wildman–Crippen LogP) is 11.8. The molecule has 0 amide bonds. The van der Waals surface area contributed by atoms with Crippen LogP contribution >= 0.6 is 60.5 Å². The molecule has 0 aromatic heterocycles. The van der Waals surface area contributed by atoms with Gasteiger partial charge in [0.1, 0.15) is 0 Å². The van der Waals surface area contributed by atoms with Gasteiger partial charge in [-0.25, -0.2) is 0 Å². The van der Waals surface area contributed by atoms with Crippen molar-refractivity contribution in [1.29, 1.82) is 0 Å². The maximum atomic E-state index is 3.82. The standard InChI is InChI=1S/2C16H14S2.H2S/c2*1-3-17-15-12-8-11-14(16(15)18-4-2)13-9-6-5-7-10-13;/h2*3-12H,1-2H2;1H2. The lowest BCUT2D eigenvalue weighted by atomic mass is 10.1. The number of thioether (sulfide) groups is 4. The molecule has 0 unspecified atom stereocenters. The molecule has 0 saturated carbocycles. The van der Waals surface area contributed by atoms with Crippen molar-refractivity contribution in [1.82, 2.24) is 0 Å². The highest BCUT2D eigenvalue weighted by molar-refractivity contribution is 8.05. The first kappa shape index (κ1) is 30.8. The number of rotatable bonds is 10. The predicted molar refractivity (Wildman–Crippen MR) is 178 cm³/mol. The molecule has 0 bridgehead atoms. The summed E-state index contributed by atoms with van der Waals surface area (Å²) in [6.07, 6.45) is 0. The number of benzene rings is 4. The highest BCUT2D eigenvalue weighted by atomic mass is 32.2. The monoisotopic (exact) mass is 574 g/mol. The Labute approximate surface area is 245 Å². The van der Waals surface area contributed by atoms with Crippen molar-refractivity contribution >= 4 is 60.5 Å². The Hall–Kier alpha value is -2.41. The van der Waals surface area contributed by atoms with E-state index in [-0.39, 0.29) is 13.5 Å². The second-order valence-corrected chi connectivity index (χ2v) is 11.1. The quantitative estimate of drug-likeness (QED) is 0.173. The second-order valence-electron chi connectivity index (χ2n) is 7.14. The largest absolute Gasteiger partial charge is 0.197 e. The second kappa shape index (κ2) is 17.2. The zero-order chi connectivity index (χ0) is 25.6. The van der Waals surface area contributed by atoms with E-state index in [0.717, 1.165) is 0 Å². The number of hydrogen-bond donors (Lipinski definition) is 0. The molecule has 0 fully saturated rings. The summed E-state index contributed by atoms with van der Waals surface area (Å²) in [4.78, 5) is 4.92. The van der Waals surface area contributed by atoms with Gasteiger partial charge in [0, 0.05) is 19.6 Å². The molecule has 0 aliphatic carbocycles. The van der Waals surface area contributed by atoms with Gasteiger partial charge in [0.2, 0.25) is 0 Å². The van der Waals surface area contributed by atoms with Crippen LogP contribution in [0, 0.1) is 0 Å². The summed E-state index contributed by atoms with van der Waals surface area (Å²) in [6, 6.07) is 33.5. The van der Waals surface area contributed by atoms with Crippen LogP contribution in [0.3, 0.4) is 0 Å². The lowest BCUT2D eigenvalue weighted by Crippen LogP contribution is -1.84. The van der Waals surface area contributed by atoms with Gasteiger partial charge in [0.05, 0.1) is 0 Å². The van der Waals surface area contributed by atoms with Crippen molar-refractivity contribution in [3.63, 3.8) is 0 Å². The van der Waals surface area contributed by atoms with E-state index >= 15 is 0 Å². The first-order valence-electron chi connectivity index (χ1n) is 11.2. The van der Waals surface area contributed by atoms with E-state index in [9.17, 15) is 0 Å². The van der Waals surface area contributed by atoms with Gasteiger partial charge >= 0.3 is 0 Å². The van der Waals surface area contributed by atoms with E-state index in [2.05, 4.69) is 111 Å². The summed E-state index contributed by atoms with van der Waals surface area (Å²) in [5.74, 6) is 0. The van der Waals surface area contributed by atoms with Crippen LogP contribution in [0.15, 0.2) is 165 Å². The van der Waals surface area contributed by atoms with Crippen LogP contribution in [0.1, 0.15) is 0 Å². The third-order valence-electron chi connectivity index (χ3n) is 4.95. The van der Waals surface area contributed by atoms with E-state index in [4.69, 9.17) is 0 Å². The van der Waals surface area contributed by atoms with Gasteiger partial charge in [-0.3, -0.25) is 0 Å². The van der Waals surface area contributed by atoms with Gasteiger partial charge in [-0.1, -0.05) is 158 Å². The van der Waals surface area contributed by atoms with E-state index in [1.165, 1.54) is 41.8 Å². The minimum Gasteiger partial charge on any atom is -0.197 e. The normalized spacial score (nSPS) is 9.73. The van der Waals surface area contributed by atoms with E-state index in [1.54, 1.807) is 47.0 Å². The van der Waals surface area contributed by atoms with E-state index in [1.807, 2.05) is 33.8 Å². The molecular weight excluding hydrogens is 545 g/mol. The van der Waals surface area contributed by atoms with Gasteiger partial charge in [-0.2, -0.15) is 13.5 Å². The van der Waals surface area contributed by atoms with Crippen molar-refractivity contribution in [3.05, 3.63) is 145 Å². The zero-order valence-electron chi connectivity index (χ0n) is 20.5. The highest BCUT2D eigenvalue weighted by Crippen LogP contribution is 2.40. The van der Waals surface area contributed by atoms with Gasteiger partial charge < -0.3 is 0 Å². The lowest BCUT2D eigenvalue weighted by Gasteiger charge is -2.11. The maximum Gasteiger partial charge on any atom is 0.0333 e. The molecule has 37 heavy (non-hydrogen) atoms. The molecule has 0 aliphatic rings. The van der Waals surface area contributed by atoms with Crippen LogP contribution in [-0.2, 0) is 0 Å². The maximum absolute atomic E-state index is 3.82. The van der Waals surface area contributed by atoms with Crippen LogP contribution in [0.5, 0.6) is 0 Å². The Morgan fingerprint density at radius 3 is 1.08 bits per heavy atom. The SMILES string of the molecule is C=CSc1cccc(-c2ccccc2)c1SC=C.C=CSc1cccc(-c2ccccc2)c1SC=C.S. The van der Waals surface area contributed by atoms with Crippen LogP contribution in [0.25, 0.3) is 22.3 Å². The molecule has 4 rings (SSSR count). The van der Waals surface area contributed by atoms with Crippen molar-refractivity contribution in [2.24, 2.45) is 0 Å². The molecule has 0 heterocycles. The van der Waals surface area contributed by atoms with Gasteiger partial charge in [-0.15, -0.1) is 0 Å². The third-order valence-corrected chi connectivity index (χ3v) is 8.41. The van der Waals surface area contributed by atoms with Gasteiger partial charge in [-0.05, 0) is 56.0 Å². The summed E-state index contributed by atoms with van der Waals surface area (Å²) < 4.78 is 0. The van der Waals surface area contributed by atoms with Crippen LogP contribution in [-0.4, -0.2) is 0 Å². The highest BCUT2D eigenvalue weighted by Gasteiger charge is 2.10. The van der Waals surface area contributed by atoms with Gasteiger partial charge in [0.15, 0.2) is 0 Å². The molecule has 188 valence electrons. The van der Waals surface area contributed by atoms with E-state index < -0.39 is 0 Å². The number of hydrogen-bond acceptors (Lipinski definition) is 4. The van der Waals surface area contributed by atoms with Crippen molar-refractivity contribution in [2.75, 3.05) is 0 Å². The molecule has 0 saturated heterocycles. The summed E-state index contributed by atoms with van der Waals surface area (Å²) in [6.45, 7) is 15.2. The minimum atomic E-state index is 0. The minimum absolute atomic E-state index is 0. The smallest absolute Gasteiger partial charge is 0.0333 e. The molecule has 5 heteroatoms. The molecule has 4 aromatic carbocycles. The summed E-state index contributed by atoms with van der Waals surface area (Å²) in [7, 11) is 0. The molecule has 0 spiro atoms. The summed E-state index contributed by atoms with van der Waals surface area (Å²) in [5.41, 5.74) is 4.95. The molecular formula is C32H30S5. The third kappa shape index (κ3) is 8.84. The molecule has 4 aromatic rings. The molecule has 0 radical (unpaired) electrons. The molecule has 0 atom stereocenters. The Morgan fingerprint density at radius 1 is 0.405 bits per heavy atom. The first-order valence-corrected chi connectivity index (χ1v) is 14.7. The average molecular weight is 575 g/mol. The molecule has 0 nitrogen and oxygen atoms in total. The van der Waals surface area contributed by atoms with Crippen LogP contribution < -0.4 is 0 Å². The Balaban J connectivity index is 0.000000253. The molecule has 0 aliphatic heterocycles. The van der Waals surface area contributed by atoms with Crippen molar-refractivity contribution < 1.29 is 0 Å². The topological polar surface area (TPSA) is 0 Å². The summed E-state index contributed by atoms with van der Waals surface area (Å²) >= 11 is 6.61. The van der Waals surface area contributed by atoms with E-state index in [0.29, 0.717) is 0 Å². The Bertz CT molecular complexity index is 1190. The van der Waals surface area contributed by atoms with Crippen LogP contribution in [0.2, 0.25) is 0 Å². The Morgan fingerprint density at radius 2 is 0.757 bits per heavy atom. The fourth-order valence-corrected chi connectivity index (χ4v) is 6.51. The zero-order valence-corrected chi connectivity index (χ0v) is 24.8. The average Bonchev–Trinajstić information content (AvgIpc) is 2.92. The fourth-order valence-electron chi connectivity index (χ4n) is 3.50. The first-order chi connectivity index (χ1) is 17.7. The van der Waals surface area contributed by atoms with Crippen molar-refractivity contribution in [2.45, 2.75) is 19.6 Å². The lowest BCUT2D eigenvalue weighted by molar-refractivity contribution is 1.26. The molecule has 0 N–H and O–H groups in total.